The molecule has 0 saturated heterocycles. The van der Waals surface area contributed by atoms with E-state index < -0.39 is 17.8 Å². The van der Waals surface area contributed by atoms with Crippen LogP contribution in [0.3, 0.4) is 0 Å². The van der Waals surface area contributed by atoms with Gasteiger partial charge in [0.2, 0.25) is 5.76 Å². The van der Waals surface area contributed by atoms with E-state index in [0.29, 0.717) is 17.1 Å². The molecule has 1 unspecified atom stereocenters. The van der Waals surface area contributed by atoms with Gasteiger partial charge < -0.3 is 14.4 Å². The Morgan fingerprint density at radius 2 is 1.97 bits per heavy atom. The molecule has 0 aliphatic rings. The Morgan fingerprint density at radius 1 is 1.17 bits per heavy atom. The van der Waals surface area contributed by atoms with Crippen LogP contribution in [0.1, 0.15) is 33.5 Å². The number of amides is 1. The molecule has 6 nitrogen and oxygen atoms in total. The van der Waals surface area contributed by atoms with E-state index in [4.69, 9.17) is 4.52 Å². The van der Waals surface area contributed by atoms with Crippen LogP contribution in [-0.4, -0.2) is 20.6 Å². The number of hydrogen-bond acceptors (Lipinski definition) is 4. The van der Waals surface area contributed by atoms with E-state index in [0.717, 1.165) is 11.1 Å². The summed E-state index contributed by atoms with van der Waals surface area (Å²) in [4.78, 5) is 17.2. The number of aryl methyl sites for hydroxylation is 2. The highest BCUT2D eigenvalue weighted by Crippen LogP contribution is 2.23. The van der Waals surface area contributed by atoms with Gasteiger partial charge in [-0.05, 0) is 24.6 Å². The van der Waals surface area contributed by atoms with E-state index in [1.54, 1.807) is 35.2 Å². The Morgan fingerprint density at radius 3 is 2.66 bits per heavy atom. The number of rotatable bonds is 5. The van der Waals surface area contributed by atoms with E-state index in [9.17, 15) is 9.18 Å². The minimum Gasteiger partial charge on any atom is -0.350 e. The summed E-state index contributed by atoms with van der Waals surface area (Å²) in [6.45, 7) is 2.00. The lowest BCUT2D eigenvalue weighted by atomic mass is 10.1. The lowest BCUT2D eigenvalue weighted by Gasteiger charge is -2.18. The van der Waals surface area contributed by atoms with Crippen molar-refractivity contribution >= 4 is 5.91 Å². The van der Waals surface area contributed by atoms with Crippen LogP contribution in [0.4, 0.5) is 4.39 Å². The third-order valence-electron chi connectivity index (χ3n) is 4.66. The maximum atomic E-state index is 13.8. The van der Waals surface area contributed by atoms with Crippen LogP contribution in [0.2, 0.25) is 0 Å². The molecule has 0 radical (unpaired) electrons. The van der Waals surface area contributed by atoms with E-state index in [1.807, 2.05) is 38.2 Å². The smallest absolute Gasteiger partial charge is 0.290 e. The summed E-state index contributed by atoms with van der Waals surface area (Å²) in [7, 11) is 1.81. The highest BCUT2D eigenvalue weighted by Gasteiger charge is 2.24. The Hall–Kier alpha value is -3.74. The molecule has 4 rings (SSSR count). The van der Waals surface area contributed by atoms with Gasteiger partial charge in [0, 0.05) is 31.1 Å². The van der Waals surface area contributed by atoms with Crippen molar-refractivity contribution < 1.29 is 13.7 Å². The van der Waals surface area contributed by atoms with Crippen LogP contribution in [0.25, 0.3) is 11.3 Å². The van der Waals surface area contributed by atoms with E-state index in [2.05, 4.69) is 15.5 Å². The third kappa shape index (κ3) is 3.94. The first-order chi connectivity index (χ1) is 14.0. The zero-order chi connectivity index (χ0) is 20.4. The second kappa shape index (κ2) is 7.71. The first kappa shape index (κ1) is 18.6. The summed E-state index contributed by atoms with van der Waals surface area (Å²) in [5.41, 5.74) is 3.12. The number of benzene rings is 2. The third-order valence-corrected chi connectivity index (χ3v) is 4.66. The number of halogens is 1. The molecule has 1 N–H and O–H groups in total. The Kier molecular flexibility index (Phi) is 4.95. The fourth-order valence-corrected chi connectivity index (χ4v) is 3.08. The van der Waals surface area contributed by atoms with Gasteiger partial charge in [0.05, 0.1) is 0 Å². The molecule has 4 aromatic rings. The van der Waals surface area contributed by atoms with Crippen LogP contribution < -0.4 is 5.32 Å². The number of aromatic nitrogens is 3. The van der Waals surface area contributed by atoms with Crippen LogP contribution in [0.5, 0.6) is 0 Å². The molecule has 2 aromatic heterocycles. The fourth-order valence-electron chi connectivity index (χ4n) is 3.08. The maximum absolute atomic E-state index is 13.8. The molecule has 1 amide bonds. The molecule has 29 heavy (non-hydrogen) atoms. The summed E-state index contributed by atoms with van der Waals surface area (Å²) in [5, 5.41) is 6.87. The second-order valence-corrected chi connectivity index (χ2v) is 6.80. The lowest BCUT2D eigenvalue weighted by molar-refractivity contribution is 0.0904. The van der Waals surface area contributed by atoms with Crippen LogP contribution in [-0.2, 0) is 7.05 Å². The molecule has 7 heteroatoms. The standard InChI is InChI=1S/C22H19FN4O2/c1-14-6-8-15(9-7-14)18-13-19(29-26-18)22(28)25-20(21-24-10-11-27(21)2)16-4-3-5-17(23)12-16/h3-13,20H,1-2H3,(H,25,28). The Balaban J connectivity index is 1.62. The van der Waals surface area contributed by atoms with Crippen molar-refractivity contribution in [2.24, 2.45) is 7.05 Å². The molecule has 0 aliphatic heterocycles. The van der Waals surface area contributed by atoms with Gasteiger partial charge in [-0.15, -0.1) is 0 Å². The van der Waals surface area contributed by atoms with E-state index >= 15 is 0 Å². The molecule has 146 valence electrons. The highest BCUT2D eigenvalue weighted by molar-refractivity contribution is 5.92. The van der Waals surface area contributed by atoms with Gasteiger partial charge in [-0.3, -0.25) is 4.79 Å². The van der Waals surface area contributed by atoms with Gasteiger partial charge in [-0.25, -0.2) is 9.37 Å². The average molecular weight is 390 g/mol. The van der Waals surface area contributed by atoms with Crippen molar-refractivity contribution in [1.29, 1.82) is 0 Å². The topological polar surface area (TPSA) is 73.0 Å². The second-order valence-electron chi connectivity index (χ2n) is 6.80. The summed E-state index contributed by atoms with van der Waals surface area (Å²) >= 11 is 0. The molecule has 1 atom stereocenters. The first-order valence-corrected chi connectivity index (χ1v) is 9.08. The predicted molar refractivity (Wildman–Crippen MR) is 106 cm³/mol. The minimum atomic E-state index is -0.647. The number of hydrogen-bond donors (Lipinski definition) is 1. The lowest BCUT2D eigenvalue weighted by Crippen LogP contribution is -2.31. The number of nitrogens with zero attached hydrogens (tertiary/aromatic N) is 3. The average Bonchev–Trinajstić information content (AvgIpc) is 3.36. The molecule has 2 aromatic carbocycles. The number of nitrogens with one attached hydrogen (secondary N) is 1. The highest BCUT2D eigenvalue weighted by atomic mass is 19.1. The van der Waals surface area contributed by atoms with Crippen LogP contribution in [0.15, 0.2) is 71.5 Å². The van der Waals surface area contributed by atoms with Crippen molar-refractivity contribution in [3.05, 3.63) is 95.5 Å². The number of carbonyl (C=O) groups excluding carboxylic acids is 1. The number of carbonyl (C=O) groups is 1. The SMILES string of the molecule is Cc1ccc(-c2cc(C(=O)NC(c3cccc(F)c3)c3nccn3C)on2)cc1. The summed E-state index contributed by atoms with van der Waals surface area (Å²) in [6, 6.07) is 14.7. The quantitative estimate of drug-likeness (QED) is 0.558. The molecule has 0 saturated carbocycles. The van der Waals surface area contributed by atoms with Gasteiger partial charge in [0.25, 0.3) is 5.91 Å². The maximum Gasteiger partial charge on any atom is 0.290 e. The minimum absolute atomic E-state index is 0.0659. The zero-order valence-corrected chi connectivity index (χ0v) is 16.0. The monoisotopic (exact) mass is 390 g/mol. The largest absolute Gasteiger partial charge is 0.350 e. The summed E-state index contributed by atoms with van der Waals surface area (Å²) in [6.07, 6.45) is 3.38. The zero-order valence-electron chi connectivity index (χ0n) is 16.0. The van der Waals surface area contributed by atoms with Crippen molar-refractivity contribution in [1.82, 2.24) is 20.0 Å². The molecular formula is C22H19FN4O2. The molecule has 2 heterocycles. The van der Waals surface area contributed by atoms with Crippen molar-refractivity contribution in [2.45, 2.75) is 13.0 Å². The van der Waals surface area contributed by atoms with E-state index in [1.165, 1.54) is 12.1 Å². The van der Waals surface area contributed by atoms with Crippen molar-refractivity contribution in [3.63, 3.8) is 0 Å². The predicted octanol–water partition coefficient (Wildman–Crippen LogP) is 4.04. The normalized spacial score (nSPS) is 12.0. The van der Waals surface area contributed by atoms with Gasteiger partial charge >= 0.3 is 0 Å². The molecule has 0 aliphatic carbocycles. The summed E-state index contributed by atoms with van der Waals surface area (Å²) < 4.78 is 20.8. The molecule has 0 bridgehead atoms. The summed E-state index contributed by atoms with van der Waals surface area (Å²) in [5.74, 6) is -0.219. The molecular weight excluding hydrogens is 371 g/mol. The Bertz CT molecular complexity index is 1150. The van der Waals surface area contributed by atoms with E-state index in [-0.39, 0.29) is 5.76 Å². The molecule has 0 spiro atoms. The molecule has 0 fully saturated rings. The fraction of sp³-hybridized carbons (Fsp3) is 0.136. The van der Waals surface area contributed by atoms with Gasteiger partial charge in [-0.2, -0.15) is 0 Å². The first-order valence-electron chi connectivity index (χ1n) is 9.08. The van der Waals surface area contributed by atoms with Gasteiger partial charge in [0.1, 0.15) is 23.4 Å². The van der Waals surface area contributed by atoms with Gasteiger partial charge in [0.15, 0.2) is 0 Å². The van der Waals surface area contributed by atoms with Crippen molar-refractivity contribution in [3.8, 4) is 11.3 Å². The Labute approximate surface area is 167 Å². The van der Waals surface area contributed by atoms with Gasteiger partial charge in [-0.1, -0.05) is 47.1 Å². The van der Waals surface area contributed by atoms with Crippen LogP contribution >= 0.6 is 0 Å². The number of imidazole rings is 1. The van der Waals surface area contributed by atoms with Crippen molar-refractivity contribution in [2.75, 3.05) is 0 Å². The van der Waals surface area contributed by atoms with Crippen LogP contribution in [0, 0.1) is 12.7 Å².